The standard InChI is InChI=1S/C15H27N3S/c1-7-16-12-10-13(19-9-8-11(2)3)18-14(17-12)15(4,5)6/h10-11H,7-9H2,1-6H3,(H,16,17,18). The predicted octanol–water partition coefficient (Wildman–Crippen LogP) is 4.34. The number of rotatable bonds is 6. The Morgan fingerprint density at radius 1 is 1.26 bits per heavy atom. The summed E-state index contributed by atoms with van der Waals surface area (Å²) in [4.78, 5) is 9.30. The summed E-state index contributed by atoms with van der Waals surface area (Å²) < 4.78 is 0. The Balaban J connectivity index is 2.87. The number of thioether (sulfide) groups is 1. The number of hydrogen-bond donors (Lipinski definition) is 1. The minimum atomic E-state index is -0.0151. The van der Waals surface area contributed by atoms with Crippen LogP contribution < -0.4 is 5.32 Å². The van der Waals surface area contributed by atoms with E-state index in [0.29, 0.717) is 0 Å². The molecule has 3 nitrogen and oxygen atoms in total. The molecule has 108 valence electrons. The third kappa shape index (κ3) is 5.81. The first-order chi connectivity index (χ1) is 8.82. The highest BCUT2D eigenvalue weighted by atomic mass is 32.2. The molecule has 19 heavy (non-hydrogen) atoms. The smallest absolute Gasteiger partial charge is 0.137 e. The number of nitrogens with one attached hydrogen (secondary N) is 1. The summed E-state index contributed by atoms with van der Waals surface area (Å²) >= 11 is 1.83. The van der Waals surface area contributed by atoms with E-state index < -0.39 is 0 Å². The average Bonchev–Trinajstić information content (AvgIpc) is 2.27. The van der Waals surface area contributed by atoms with E-state index in [1.165, 1.54) is 6.42 Å². The van der Waals surface area contributed by atoms with Crippen LogP contribution in [0.25, 0.3) is 0 Å². The Morgan fingerprint density at radius 3 is 2.47 bits per heavy atom. The molecular formula is C15H27N3S. The molecule has 1 N–H and O–H groups in total. The quantitative estimate of drug-likeness (QED) is 0.621. The monoisotopic (exact) mass is 281 g/mol. The Hall–Kier alpha value is -0.770. The lowest BCUT2D eigenvalue weighted by atomic mass is 9.96. The van der Waals surface area contributed by atoms with Gasteiger partial charge < -0.3 is 5.32 Å². The van der Waals surface area contributed by atoms with Crippen molar-refractivity contribution in [3.05, 3.63) is 11.9 Å². The summed E-state index contributed by atoms with van der Waals surface area (Å²) in [5.74, 6) is 3.71. The highest BCUT2D eigenvalue weighted by Crippen LogP contribution is 2.25. The molecule has 1 aromatic heterocycles. The zero-order chi connectivity index (χ0) is 14.5. The zero-order valence-corrected chi connectivity index (χ0v) is 13.9. The van der Waals surface area contributed by atoms with Gasteiger partial charge in [0.05, 0.1) is 0 Å². The first-order valence-corrected chi connectivity index (χ1v) is 8.07. The van der Waals surface area contributed by atoms with Crippen LogP contribution in [0.4, 0.5) is 5.82 Å². The maximum absolute atomic E-state index is 4.70. The molecule has 4 heteroatoms. The summed E-state index contributed by atoms with van der Waals surface area (Å²) in [6.45, 7) is 13.9. The highest BCUT2D eigenvalue weighted by Gasteiger charge is 2.19. The van der Waals surface area contributed by atoms with Crippen LogP contribution in [0.2, 0.25) is 0 Å². The van der Waals surface area contributed by atoms with Crippen LogP contribution >= 0.6 is 11.8 Å². The minimum absolute atomic E-state index is 0.0151. The van der Waals surface area contributed by atoms with Gasteiger partial charge in [0.1, 0.15) is 16.7 Å². The van der Waals surface area contributed by atoms with Gasteiger partial charge in [-0.05, 0) is 25.0 Å². The summed E-state index contributed by atoms with van der Waals surface area (Å²) in [5, 5.41) is 4.38. The molecule has 0 aromatic carbocycles. The van der Waals surface area contributed by atoms with Crippen molar-refractivity contribution in [3.8, 4) is 0 Å². The van der Waals surface area contributed by atoms with Crippen LogP contribution in [0.5, 0.6) is 0 Å². The van der Waals surface area contributed by atoms with Crippen LogP contribution in [-0.4, -0.2) is 22.3 Å². The fourth-order valence-electron chi connectivity index (χ4n) is 1.51. The summed E-state index contributed by atoms with van der Waals surface area (Å²) in [6, 6.07) is 2.06. The molecule has 0 aliphatic heterocycles. The van der Waals surface area contributed by atoms with Crippen LogP contribution in [-0.2, 0) is 5.41 Å². The van der Waals surface area contributed by atoms with Crippen molar-refractivity contribution in [2.45, 2.75) is 58.4 Å². The Bertz CT molecular complexity index is 397. The second kappa shape index (κ2) is 7.13. The minimum Gasteiger partial charge on any atom is -0.370 e. The summed E-state index contributed by atoms with van der Waals surface area (Å²) in [6.07, 6.45) is 1.22. The number of aromatic nitrogens is 2. The van der Waals surface area contributed by atoms with E-state index in [1.807, 2.05) is 11.8 Å². The van der Waals surface area contributed by atoms with Crippen LogP contribution in [0.3, 0.4) is 0 Å². The fraction of sp³-hybridized carbons (Fsp3) is 0.733. The predicted molar refractivity (Wildman–Crippen MR) is 85.1 cm³/mol. The molecule has 0 aliphatic carbocycles. The Labute approximate surface area is 122 Å². The summed E-state index contributed by atoms with van der Waals surface area (Å²) in [7, 11) is 0. The first kappa shape index (κ1) is 16.3. The molecule has 0 fully saturated rings. The van der Waals surface area contributed by atoms with E-state index in [4.69, 9.17) is 4.98 Å². The molecule has 0 spiro atoms. The van der Waals surface area contributed by atoms with Gasteiger partial charge in [-0.1, -0.05) is 34.6 Å². The second-order valence-electron chi connectivity index (χ2n) is 6.23. The summed E-state index contributed by atoms with van der Waals surface area (Å²) in [5.41, 5.74) is -0.0151. The maximum Gasteiger partial charge on any atom is 0.137 e. The van der Waals surface area contributed by atoms with Gasteiger partial charge in [0.25, 0.3) is 0 Å². The molecule has 0 bridgehead atoms. The lowest BCUT2D eigenvalue weighted by molar-refractivity contribution is 0.539. The lowest BCUT2D eigenvalue weighted by Gasteiger charge is -2.18. The van der Waals surface area contributed by atoms with E-state index in [0.717, 1.165) is 34.9 Å². The van der Waals surface area contributed by atoms with Gasteiger partial charge in [-0.3, -0.25) is 0 Å². The van der Waals surface area contributed by atoms with Crippen molar-refractivity contribution < 1.29 is 0 Å². The SMILES string of the molecule is CCNc1cc(SCCC(C)C)nc(C(C)(C)C)n1. The molecule has 0 radical (unpaired) electrons. The van der Waals surface area contributed by atoms with Gasteiger partial charge in [0, 0.05) is 18.0 Å². The fourth-order valence-corrected chi connectivity index (χ4v) is 2.65. The molecule has 0 aliphatic rings. The molecule has 0 saturated carbocycles. The highest BCUT2D eigenvalue weighted by molar-refractivity contribution is 7.99. The maximum atomic E-state index is 4.70. The van der Waals surface area contributed by atoms with Crippen LogP contribution in [0, 0.1) is 5.92 Å². The molecule has 1 heterocycles. The molecular weight excluding hydrogens is 254 g/mol. The average molecular weight is 281 g/mol. The molecule has 0 saturated heterocycles. The van der Waals surface area contributed by atoms with Gasteiger partial charge in [-0.25, -0.2) is 9.97 Å². The van der Waals surface area contributed by atoms with Crippen LogP contribution in [0.15, 0.2) is 11.1 Å². The molecule has 1 aromatic rings. The van der Waals surface area contributed by atoms with Gasteiger partial charge in [0.15, 0.2) is 0 Å². The largest absolute Gasteiger partial charge is 0.370 e. The van der Waals surface area contributed by atoms with E-state index in [9.17, 15) is 0 Å². The number of nitrogens with zero attached hydrogens (tertiary/aromatic N) is 2. The van der Waals surface area contributed by atoms with Gasteiger partial charge in [-0.2, -0.15) is 0 Å². The molecule has 1 rings (SSSR count). The third-order valence-electron chi connectivity index (χ3n) is 2.68. The molecule has 0 atom stereocenters. The van der Waals surface area contributed by atoms with E-state index in [1.54, 1.807) is 0 Å². The normalized spacial score (nSPS) is 11.9. The topological polar surface area (TPSA) is 37.8 Å². The molecule has 0 amide bonds. The lowest BCUT2D eigenvalue weighted by Crippen LogP contribution is -2.17. The van der Waals surface area contributed by atoms with E-state index in [2.05, 4.69) is 57.9 Å². The van der Waals surface area contributed by atoms with Crippen LogP contribution in [0.1, 0.15) is 53.8 Å². The van der Waals surface area contributed by atoms with Crippen molar-refractivity contribution in [3.63, 3.8) is 0 Å². The Kier molecular flexibility index (Phi) is 6.11. The van der Waals surface area contributed by atoms with E-state index in [-0.39, 0.29) is 5.41 Å². The van der Waals surface area contributed by atoms with Crippen molar-refractivity contribution in [2.24, 2.45) is 5.92 Å². The third-order valence-corrected chi connectivity index (χ3v) is 3.62. The van der Waals surface area contributed by atoms with Crippen molar-refractivity contribution >= 4 is 17.6 Å². The van der Waals surface area contributed by atoms with Crippen molar-refractivity contribution in [1.82, 2.24) is 9.97 Å². The van der Waals surface area contributed by atoms with Crippen molar-refractivity contribution in [2.75, 3.05) is 17.6 Å². The zero-order valence-electron chi connectivity index (χ0n) is 13.1. The number of anilines is 1. The molecule has 0 unspecified atom stereocenters. The van der Waals surface area contributed by atoms with E-state index >= 15 is 0 Å². The van der Waals surface area contributed by atoms with Gasteiger partial charge in [0.2, 0.25) is 0 Å². The first-order valence-electron chi connectivity index (χ1n) is 7.09. The van der Waals surface area contributed by atoms with Gasteiger partial charge in [-0.15, -0.1) is 11.8 Å². The second-order valence-corrected chi connectivity index (χ2v) is 7.34. The Morgan fingerprint density at radius 2 is 1.95 bits per heavy atom. The van der Waals surface area contributed by atoms with Gasteiger partial charge >= 0.3 is 0 Å². The van der Waals surface area contributed by atoms with Crippen molar-refractivity contribution in [1.29, 1.82) is 0 Å². The number of hydrogen-bond acceptors (Lipinski definition) is 4.